The second-order valence-electron chi connectivity index (χ2n) is 9.28. The quantitative estimate of drug-likeness (QED) is 0.542. The van der Waals surface area contributed by atoms with E-state index in [0.29, 0.717) is 12.1 Å². The van der Waals surface area contributed by atoms with Crippen molar-refractivity contribution in [2.45, 2.75) is 45.8 Å². The fraction of sp³-hybridized carbons (Fsp3) is 0.375. The summed E-state index contributed by atoms with van der Waals surface area (Å²) in [5, 5.41) is 8.56. The Bertz CT molecular complexity index is 1280. The van der Waals surface area contributed by atoms with Gasteiger partial charge in [0, 0.05) is 50.1 Å². The summed E-state index contributed by atoms with van der Waals surface area (Å²) < 4.78 is 49.2. The first-order chi connectivity index (χ1) is 16.5. The molecule has 0 saturated heterocycles. The van der Waals surface area contributed by atoms with Gasteiger partial charge in [0.05, 0.1) is 5.52 Å². The van der Waals surface area contributed by atoms with Gasteiger partial charge in [-0.3, -0.25) is 0 Å². The molecule has 0 spiro atoms. The van der Waals surface area contributed by atoms with E-state index in [2.05, 4.69) is 20.8 Å². The van der Waals surface area contributed by atoms with E-state index in [9.17, 15) is 13.6 Å². The molecule has 2 N–H and O–H groups in total. The van der Waals surface area contributed by atoms with E-state index >= 15 is 4.39 Å². The summed E-state index contributed by atoms with van der Waals surface area (Å²) >= 11 is 0. The van der Waals surface area contributed by atoms with Gasteiger partial charge >= 0.3 is 6.09 Å². The van der Waals surface area contributed by atoms with Gasteiger partial charge in [-0.25, -0.2) is 32.9 Å². The van der Waals surface area contributed by atoms with Crippen LogP contribution in [-0.4, -0.2) is 51.3 Å². The number of benzene rings is 1. The molecule has 186 valence electrons. The standard InChI is InChI=1S/C24H27F3N6O2/c1-24(2,3)35-23(34)28-9-14-5-6-17(21(27)18(14)8-20(25)26)22-19-7-15(12-33(19)31-13-29-22)16-10-30-32(4)11-16/h5-7,11-13,20,30H,8-10H2,1-4H3,(H,28,34). The van der Waals surface area contributed by atoms with Gasteiger partial charge in [-0.05, 0) is 49.6 Å². The molecule has 1 aliphatic heterocycles. The van der Waals surface area contributed by atoms with E-state index in [-0.39, 0.29) is 28.9 Å². The Labute approximate surface area is 200 Å². The Hall–Kier alpha value is -3.60. The molecule has 1 amide bonds. The number of carbonyl (C=O) groups excluding carboxylic acids is 1. The zero-order chi connectivity index (χ0) is 25.3. The summed E-state index contributed by atoms with van der Waals surface area (Å²) in [6.45, 7) is 5.59. The zero-order valence-corrected chi connectivity index (χ0v) is 19.9. The van der Waals surface area contributed by atoms with Crippen LogP contribution in [0.2, 0.25) is 0 Å². The number of hydrazine groups is 1. The fourth-order valence-electron chi connectivity index (χ4n) is 3.89. The van der Waals surface area contributed by atoms with Crippen LogP contribution in [0, 0.1) is 5.82 Å². The Morgan fingerprint density at radius 3 is 2.74 bits per heavy atom. The largest absolute Gasteiger partial charge is 0.444 e. The van der Waals surface area contributed by atoms with Crippen LogP contribution in [0.15, 0.2) is 36.9 Å². The number of alkyl carbamates (subject to hydrolysis) is 1. The highest BCUT2D eigenvalue weighted by Gasteiger charge is 2.23. The highest BCUT2D eigenvalue weighted by molar-refractivity contribution is 5.82. The van der Waals surface area contributed by atoms with Crippen molar-refractivity contribution in [1.82, 2.24) is 30.3 Å². The van der Waals surface area contributed by atoms with Crippen LogP contribution in [0.4, 0.5) is 18.0 Å². The molecule has 2 aromatic heterocycles. The highest BCUT2D eigenvalue weighted by Crippen LogP contribution is 2.32. The maximum absolute atomic E-state index is 15.7. The molecule has 0 unspecified atom stereocenters. The lowest BCUT2D eigenvalue weighted by Crippen LogP contribution is -2.32. The highest BCUT2D eigenvalue weighted by atomic mass is 19.3. The lowest BCUT2D eigenvalue weighted by molar-refractivity contribution is 0.0523. The average molecular weight is 489 g/mol. The lowest BCUT2D eigenvalue weighted by Gasteiger charge is -2.20. The summed E-state index contributed by atoms with van der Waals surface area (Å²) in [5.41, 5.74) is 5.30. The Kier molecular flexibility index (Phi) is 6.70. The third-order valence-corrected chi connectivity index (χ3v) is 5.42. The van der Waals surface area contributed by atoms with Crippen LogP contribution in [-0.2, 0) is 17.7 Å². The number of rotatable bonds is 6. The molecule has 0 atom stereocenters. The SMILES string of the molecule is CN1C=C(c2cc3c(-c4ccc(CNC(=O)OC(C)(C)C)c(CC(F)F)c4F)ncnn3c2)CN1. The van der Waals surface area contributed by atoms with E-state index in [1.165, 1.54) is 18.5 Å². The summed E-state index contributed by atoms with van der Waals surface area (Å²) in [5.74, 6) is -0.807. The number of ether oxygens (including phenoxy) is 1. The topological polar surface area (TPSA) is 83.8 Å². The minimum absolute atomic E-state index is 0.0781. The lowest BCUT2D eigenvalue weighted by atomic mass is 9.98. The average Bonchev–Trinajstić information content (AvgIpc) is 3.39. The molecular weight excluding hydrogens is 461 g/mol. The normalized spacial score (nSPS) is 14.1. The number of carbonyl (C=O) groups is 1. The molecule has 8 nitrogen and oxygen atoms in total. The van der Waals surface area contributed by atoms with Crippen LogP contribution in [0.25, 0.3) is 22.3 Å². The van der Waals surface area contributed by atoms with Gasteiger partial charge in [0.15, 0.2) is 0 Å². The number of alkyl halides is 2. The van der Waals surface area contributed by atoms with E-state index in [1.807, 2.05) is 30.5 Å². The van der Waals surface area contributed by atoms with Crippen molar-refractivity contribution < 1.29 is 22.7 Å². The maximum atomic E-state index is 15.7. The minimum atomic E-state index is -2.77. The molecule has 35 heavy (non-hydrogen) atoms. The van der Waals surface area contributed by atoms with Gasteiger partial charge in [0.1, 0.15) is 23.4 Å². The van der Waals surface area contributed by atoms with Gasteiger partial charge in [-0.1, -0.05) is 6.07 Å². The summed E-state index contributed by atoms with van der Waals surface area (Å²) in [7, 11) is 1.88. The summed E-state index contributed by atoms with van der Waals surface area (Å²) in [6.07, 6.45) is 0.751. The second-order valence-corrected chi connectivity index (χ2v) is 9.28. The first kappa shape index (κ1) is 24.5. The van der Waals surface area contributed by atoms with E-state index in [0.717, 1.165) is 11.1 Å². The summed E-state index contributed by atoms with van der Waals surface area (Å²) in [4.78, 5) is 16.3. The van der Waals surface area contributed by atoms with Gasteiger partial charge in [0.25, 0.3) is 0 Å². The molecular formula is C24H27F3N6O2. The Balaban J connectivity index is 1.70. The molecule has 0 saturated carbocycles. The number of aromatic nitrogens is 3. The predicted molar refractivity (Wildman–Crippen MR) is 125 cm³/mol. The van der Waals surface area contributed by atoms with Crippen molar-refractivity contribution in [3.63, 3.8) is 0 Å². The molecule has 0 aliphatic carbocycles. The number of hydrogen-bond donors (Lipinski definition) is 2. The van der Waals surface area contributed by atoms with Crippen LogP contribution >= 0.6 is 0 Å². The first-order valence-electron chi connectivity index (χ1n) is 11.1. The van der Waals surface area contributed by atoms with Crippen molar-refractivity contribution in [3.8, 4) is 11.3 Å². The van der Waals surface area contributed by atoms with Crippen molar-refractivity contribution in [2.24, 2.45) is 0 Å². The molecule has 4 rings (SSSR count). The molecule has 11 heteroatoms. The maximum Gasteiger partial charge on any atom is 0.407 e. The molecule has 1 aromatic carbocycles. The van der Waals surface area contributed by atoms with Gasteiger partial charge < -0.3 is 15.1 Å². The van der Waals surface area contributed by atoms with Crippen LogP contribution in [0.1, 0.15) is 37.5 Å². The van der Waals surface area contributed by atoms with Crippen molar-refractivity contribution in [3.05, 3.63) is 59.4 Å². The number of nitrogens with one attached hydrogen (secondary N) is 2. The number of hydrogen-bond acceptors (Lipinski definition) is 6. The zero-order valence-electron chi connectivity index (χ0n) is 19.9. The third kappa shape index (κ3) is 5.56. The Morgan fingerprint density at radius 2 is 2.09 bits per heavy atom. The van der Waals surface area contributed by atoms with E-state index < -0.39 is 30.4 Å². The molecule has 0 bridgehead atoms. The van der Waals surface area contributed by atoms with Crippen molar-refractivity contribution in [2.75, 3.05) is 13.6 Å². The molecule has 0 radical (unpaired) electrons. The number of fused-ring (bicyclic) bond motifs is 1. The summed E-state index contributed by atoms with van der Waals surface area (Å²) in [6, 6.07) is 4.84. The number of amides is 1. The van der Waals surface area contributed by atoms with Gasteiger partial charge in [-0.2, -0.15) is 5.10 Å². The molecule has 3 heterocycles. The predicted octanol–water partition coefficient (Wildman–Crippen LogP) is 4.16. The van der Waals surface area contributed by atoms with Crippen LogP contribution in [0.5, 0.6) is 0 Å². The van der Waals surface area contributed by atoms with Crippen molar-refractivity contribution >= 4 is 17.2 Å². The molecule has 3 aromatic rings. The van der Waals surface area contributed by atoms with E-state index in [4.69, 9.17) is 4.74 Å². The van der Waals surface area contributed by atoms with Crippen LogP contribution in [0.3, 0.4) is 0 Å². The van der Waals surface area contributed by atoms with Crippen molar-refractivity contribution in [1.29, 1.82) is 0 Å². The van der Waals surface area contributed by atoms with Gasteiger partial charge in [0.2, 0.25) is 6.43 Å². The number of nitrogens with zero attached hydrogens (tertiary/aromatic N) is 4. The molecule has 1 aliphatic rings. The first-order valence-corrected chi connectivity index (χ1v) is 11.1. The van der Waals surface area contributed by atoms with Crippen LogP contribution < -0.4 is 10.7 Å². The third-order valence-electron chi connectivity index (χ3n) is 5.42. The smallest absolute Gasteiger partial charge is 0.407 e. The Morgan fingerprint density at radius 1 is 1.31 bits per heavy atom. The number of halogens is 3. The molecule has 0 fully saturated rings. The second kappa shape index (κ2) is 9.57. The van der Waals surface area contributed by atoms with E-state index in [1.54, 1.807) is 25.3 Å². The fourth-order valence-corrected chi connectivity index (χ4v) is 3.89. The van der Waals surface area contributed by atoms with Gasteiger partial charge in [-0.15, -0.1) is 0 Å². The minimum Gasteiger partial charge on any atom is -0.444 e. The monoisotopic (exact) mass is 488 g/mol.